The van der Waals surface area contributed by atoms with Crippen LogP contribution in [0.5, 0.6) is 0 Å². The van der Waals surface area contributed by atoms with E-state index in [1.165, 1.54) is 44.5 Å². The Labute approximate surface area is 846 Å². The number of aliphatic hydroxyl groups excluding tert-OH is 4. The molecule has 0 unspecified atom stereocenters. The van der Waals surface area contributed by atoms with Crippen molar-refractivity contribution in [1.29, 1.82) is 0 Å². The van der Waals surface area contributed by atoms with Crippen LogP contribution in [0.3, 0.4) is 0 Å². The van der Waals surface area contributed by atoms with Gasteiger partial charge in [-0.2, -0.15) is 0 Å². The third kappa shape index (κ3) is 24.7. The van der Waals surface area contributed by atoms with Crippen molar-refractivity contribution in [2.75, 3.05) is 126 Å². The summed E-state index contributed by atoms with van der Waals surface area (Å²) >= 11 is 0. The van der Waals surface area contributed by atoms with Crippen LogP contribution in [0.15, 0.2) is 146 Å². The van der Waals surface area contributed by atoms with E-state index in [9.17, 15) is 58.8 Å². The number of hydrogen-bond donors (Lipinski definition) is 12. The number of nitrogens with zero attached hydrogens (tertiary/aromatic N) is 12. The second-order valence-electron chi connectivity index (χ2n) is 41.7. The molecule has 20 rings (SSSR count). The molecule has 8 amide bonds. The predicted molar refractivity (Wildman–Crippen MR) is 555 cm³/mol. The molecule has 0 saturated carbocycles. The van der Waals surface area contributed by atoms with E-state index in [1.54, 1.807) is 27.7 Å². The third-order valence-electron chi connectivity index (χ3n) is 32.4. The molecule has 12 N–H and O–H groups in total. The van der Waals surface area contributed by atoms with E-state index < -0.39 is 24.4 Å². The number of rotatable bonds is 24. The number of β-amino-alcohol motifs (C(OH)–C–C–N with tert-alkyl or cyclic N) is 4. The molecule has 0 spiro atoms. The zero-order valence-electron chi connectivity index (χ0n) is 85.0. The highest BCUT2D eigenvalue weighted by atomic mass is 16.3. The molecule has 144 heavy (non-hydrogen) atoms. The standard InChI is InChI=1S/4C28H37N5O3/c4*1-3-19-16-33(17-26(35)25-12-20-6-4-5-7-21(20)14-29-25)28(36)23-13-27(30-15-24(19)23)31-22-8-10-32(11-9-22)18(2)34/h4*4-7,13,15,19,22,25-26,29,35H,3,8-12,14,16-17H2,1-2H3,(H,30,31)/t19-,25+,26+;19-,25+,26-;19-,25-,26+;19-,25-,26-/m1100/s1. The van der Waals surface area contributed by atoms with Gasteiger partial charge in [0.2, 0.25) is 23.6 Å². The van der Waals surface area contributed by atoms with Crippen molar-refractivity contribution in [2.24, 2.45) is 0 Å². The fourth-order valence-electron chi connectivity index (χ4n) is 23.3. The number of aliphatic hydroxyl groups is 4. The first kappa shape index (κ1) is 104. The van der Waals surface area contributed by atoms with Crippen molar-refractivity contribution in [1.82, 2.24) is 80.4 Å². The quantitative estimate of drug-likeness (QED) is 0.0267. The van der Waals surface area contributed by atoms with Crippen LogP contribution in [-0.4, -0.2) is 304 Å². The molecule has 4 fully saturated rings. The summed E-state index contributed by atoms with van der Waals surface area (Å²) in [6.45, 7) is 27.4. The van der Waals surface area contributed by atoms with Crippen molar-refractivity contribution >= 4 is 70.5 Å². The van der Waals surface area contributed by atoms with Crippen LogP contribution in [-0.2, 0) is 71.0 Å². The summed E-state index contributed by atoms with van der Waals surface area (Å²) in [6, 6.07) is 41.4. The minimum atomic E-state index is -0.646. The molecule has 12 aliphatic rings. The van der Waals surface area contributed by atoms with Crippen LogP contribution in [0.25, 0.3) is 0 Å². The van der Waals surface area contributed by atoms with E-state index in [1.807, 2.05) is 137 Å². The number of fused-ring (bicyclic) bond motifs is 8. The normalized spacial score (nSPS) is 23.1. The average molecular weight is 1970 g/mol. The molecule has 4 saturated heterocycles. The fraction of sp³-hybridized carbons (Fsp3) is 0.536. The number of pyridine rings is 4. The Bertz CT molecular complexity index is 5160. The van der Waals surface area contributed by atoms with Gasteiger partial charge in [-0.15, -0.1) is 0 Å². The monoisotopic (exact) mass is 1970 g/mol. The summed E-state index contributed by atoms with van der Waals surface area (Å²) < 4.78 is 0. The fourth-order valence-corrected chi connectivity index (χ4v) is 23.3. The van der Waals surface area contributed by atoms with Crippen molar-refractivity contribution in [2.45, 2.75) is 281 Å². The minimum Gasteiger partial charge on any atom is -0.390 e. The summed E-state index contributed by atoms with van der Waals surface area (Å²) in [4.78, 5) is 134. The average Bonchev–Trinajstić information content (AvgIpc) is 0.783. The van der Waals surface area contributed by atoms with E-state index in [-0.39, 0.29) is 119 Å². The molecule has 0 bridgehead atoms. The van der Waals surface area contributed by atoms with Gasteiger partial charge in [-0.3, -0.25) is 38.4 Å². The van der Waals surface area contributed by atoms with Crippen LogP contribution in [0.4, 0.5) is 23.3 Å². The second kappa shape index (κ2) is 47.5. The van der Waals surface area contributed by atoms with Gasteiger partial charge in [-0.25, -0.2) is 19.9 Å². The SMILES string of the molecule is CC[C@@H]1CN(C[C@@H](O)[C@@H]2Cc3ccccc3CN2)C(=O)c2cc(NC3CCN(C(C)=O)CC3)ncc21.CC[C@@H]1CN(C[C@H](O)[C@@H]2Cc3ccccc3CN2)C(=O)c2cc(NC3CCN(C(C)=O)CC3)ncc21.CC[C@H]1CN(C[C@@H](O)[C@@H]2Cc3ccccc3CN2)C(=O)c2cc(NC3CCN(C(C)=O)CC3)ncc21.CC[C@H]1CN(C[C@H](O)[C@@H]2Cc3ccccc3CN2)C(=O)c2cc(NC3CCN(C(C)=O)CC3)ncc21. The minimum absolute atomic E-state index is 0.0400. The molecule has 32 heteroatoms. The first-order chi connectivity index (χ1) is 69.7. The number of benzene rings is 4. The van der Waals surface area contributed by atoms with Gasteiger partial charge in [0.1, 0.15) is 23.3 Å². The zero-order valence-corrected chi connectivity index (χ0v) is 85.0. The summed E-state index contributed by atoms with van der Waals surface area (Å²) in [5.74, 6) is 3.91. The summed E-state index contributed by atoms with van der Waals surface area (Å²) in [5.41, 5.74) is 16.8. The van der Waals surface area contributed by atoms with Gasteiger partial charge in [0.05, 0.1) is 24.4 Å². The third-order valence-corrected chi connectivity index (χ3v) is 32.4. The Morgan fingerprint density at radius 1 is 0.312 bits per heavy atom. The Kier molecular flexibility index (Phi) is 34.2. The first-order valence-electron chi connectivity index (χ1n) is 52.9. The maximum absolute atomic E-state index is 13.6. The highest BCUT2D eigenvalue weighted by Gasteiger charge is 2.42. The van der Waals surface area contributed by atoms with Crippen LogP contribution < -0.4 is 42.5 Å². The molecule has 32 nitrogen and oxygen atoms in total. The molecule has 768 valence electrons. The number of carbonyl (C=O) groups excluding carboxylic acids is 8. The lowest BCUT2D eigenvalue weighted by molar-refractivity contribution is -0.130. The van der Waals surface area contributed by atoms with Gasteiger partial charge in [0.15, 0.2) is 0 Å². The van der Waals surface area contributed by atoms with E-state index in [2.05, 4.69) is 139 Å². The van der Waals surface area contributed by atoms with Gasteiger partial charge in [-0.1, -0.05) is 125 Å². The topological polar surface area (TPSA) is 391 Å². The second-order valence-corrected chi connectivity index (χ2v) is 41.7. The number of carbonyl (C=O) groups is 8. The Morgan fingerprint density at radius 3 is 0.681 bits per heavy atom. The lowest BCUT2D eigenvalue weighted by Gasteiger charge is -2.38. The maximum atomic E-state index is 13.6. The Balaban J connectivity index is 0.000000132. The van der Waals surface area contributed by atoms with E-state index in [4.69, 9.17) is 0 Å². The van der Waals surface area contributed by atoms with Crippen molar-refractivity contribution in [3.05, 3.63) is 235 Å². The van der Waals surface area contributed by atoms with Crippen LogP contribution in [0.2, 0.25) is 0 Å². The Hall–Kier alpha value is -11.9. The molecule has 0 aliphatic carbocycles. The maximum Gasteiger partial charge on any atom is 0.254 e. The van der Waals surface area contributed by atoms with E-state index in [0.29, 0.717) is 97.9 Å². The predicted octanol–water partition coefficient (Wildman–Crippen LogP) is 10.1. The molecule has 8 aromatic rings. The highest BCUT2D eigenvalue weighted by Crippen LogP contribution is 2.39. The van der Waals surface area contributed by atoms with Crippen molar-refractivity contribution < 1.29 is 58.8 Å². The molecule has 4 aromatic heterocycles. The number of amides is 8. The number of likely N-dealkylation sites (tertiary alicyclic amines) is 4. The number of anilines is 4. The van der Waals surface area contributed by atoms with E-state index >= 15 is 0 Å². The molecule has 4 aromatic carbocycles. The lowest BCUT2D eigenvalue weighted by atomic mass is 9.88. The number of piperidine rings is 4. The molecule has 16 heterocycles. The number of hydrogen-bond acceptors (Lipinski definition) is 24. The van der Waals surface area contributed by atoms with Crippen molar-refractivity contribution in [3.63, 3.8) is 0 Å². The summed E-state index contributed by atoms with van der Waals surface area (Å²) in [5, 5.41) is 72.1. The van der Waals surface area contributed by atoms with Gasteiger partial charge >= 0.3 is 0 Å². The highest BCUT2D eigenvalue weighted by molar-refractivity contribution is 6.00. The molecular weight excluding hydrogens is 1820 g/mol. The van der Waals surface area contributed by atoms with Crippen LogP contribution in [0, 0.1) is 0 Å². The smallest absolute Gasteiger partial charge is 0.254 e. The summed E-state index contributed by atoms with van der Waals surface area (Å²) in [6.07, 6.45) is 18.3. The number of aromatic nitrogens is 4. The van der Waals surface area contributed by atoms with Crippen molar-refractivity contribution in [3.8, 4) is 0 Å². The summed E-state index contributed by atoms with van der Waals surface area (Å²) in [7, 11) is 0. The number of nitrogens with one attached hydrogen (secondary N) is 8. The van der Waals surface area contributed by atoms with Gasteiger partial charge in [0.25, 0.3) is 23.6 Å². The van der Waals surface area contributed by atoms with Gasteiger partial charge in [-0.05, 0) is 194 Å². The van der Waals surface area contributed by atoms with E-state index in [0.717, 1.165) is 204 Å². The van der Waals surface area contributed by atoms with Crippen LogP contribution in [0.1, 0.15) is 264 Å². The molecule has 0 radical (unpaired) electrons. The zero-order chi connectivity index (χ0) is 101. The van der Waals surface area contributed by atoms with Gasteiger partial charge < -0.3 is 102 Å². The van der Waals surface area contributed by atoms with Crippen LogP contribution >= 0.6 is 0 Å². The molecular formula is C112H148N20O12. The molecule has 12 atom stereocenters. The molecule has 12 aliphatic heterocycles. The largest absolute Gasteiger partial charge is 0.390 e. The van der Waals surface area contributed by atoms with Gasteiger partial charge in [0, 0.05) is 278 Å². The Morgan fingerprint density at radius 2 is 0.500 bits per heavy atom. The lowest BCUT2D eigenvalue weighted by Crippen LogP contribution is -2.52. The first-order valence-corrected chi connectivity index (χ1v) is 52.9.